The zero-order valence-corrected chi connectivity index (χ0v) is 7.66. The van der Waals surface area contributed by atoms with Gasteiger partial charge in [0.15, 0.2) is 6.10 Å². The number of hydrogen-bond donors (Lipinski definition) is 2. The first-order chi connectivity index (χ1) is 6.24. The van der Waals surface area contributed by atoms with Gasteiger partial charge >= 0.3 is 0 Å². The second-order valence-corrected chi connectivity index (χ2v) is 2.78. The van der Waals surface area contributed by atoms with E-state index in [9.17, 15) is 0 Å². The first-order valence-electron chi connectivity index (χ1n) is 4.29. The van der Waals surface area contributed by atoms with Gasteiger partial charge in [-0.25, -0.2) is 0 Å². The van der Waals surface area contributed by atoms with Crippen LogP contribution in [0.1, 0.15) is 13.3 Å². The third-order valence-electron chi connectivity index (χ3n) is 1.74. The molecule has 0 aliphatic heterocycles. The van der Waals surface area contributed by atoms with E-state index in [0.717, 1.165) is 5.75 Å². The quantitative estimate of drug-likeness (QED) is 0.545. The van der Waals surface area contributed by atoms with Gasteiger partial charge in [-0.15, -0.1) is 0 Å². The maximum absolute atomic E-state index is 7.25. The smallest absolute Gasteiger partial charge is 0.155 e. The highest BCUT2D eigenvalue weighted by atomic mass is 16.5. The number of amidine groups is 1. The number of nitrogens with two attached hydrogens (primary N) is 1. The number of para-hydroxylation sites is 1. The van der Waals surface area contributed by atoms with Crippen molar-refractivity contribution < 1.29 is 4.74 Å². The minimum Gasteiger partial charge on any atom is -0.483 e. The Balaban J connectivity index is 2.62. The van der Waals surface area contributed by atoms with Gasteiger partial charge in [0.05, 0.1) is 0 Å². The van der Waals surface area contributed by atoms with E-state index in [1.54, 1.807) is 0 Å². The fourth-order valence-electron chi connectivity index (χ4n) is 1.03. The number of hydrogen-bond acceptors (Lipinski definition) is 2. The molecule has 1 unspecified atom stereocenters. The summed E-state index contributed by atoms with van der Waals surface area (Å²) in [6, 6.07) is 9.41. The molecule has 0 saturated heterocycles. The van der Waals surface area contributed by atoms with E-state index in [-0.39, 0.29) is 11.9 Å². The van der Waals surface area contributed by atoms with E-state index in [0.29, 0.717) is 6.42 Å². The van der Waals surface area contributed by atoms with Crippen molar-refractivity contribution in [2.75, 3.05) is 0 Å². The van der Waals surface area contributed by atoms with E-state index in [2.05, 4.69) is 0 Å². The van der Waals surface area contributed by atoms with Gasteiger partial charge < -0.3 is 10.5 Å². The molecular weight excluding hydrogens is 164 g/mol. The van der Waals surface area contributed by atoms with Crippen molar-refractivity contribution in [3.63, 3.8) is 0 Å². The van der Waals surface area contributed by atoms with Gasteiger partial charge in [0.1, 0.15) is 11.6 Å². The Labute approximate surface area is 78.0 Å². The third kappa shape index (κ3) is 2.78. The normalized spacial score (nSPS) is 12.1. The predicted octanol–water partition coefficient (Wildman–Crippen LogP) is 1.78. The maximum Gasteiger partial charge on any atom is 0.155 e. The minimum atomic E-state index is -0.303. The Hall–Kier alpha value is -1.51. The standard InChI is InChI=1S/C10H14N2O/c1-2-9(10(11)12)13-8-6-4-3-5-7-8/h3-7,9H,2H2,1H3,(H3,11,12). The van der Waals surface area contributed by atoms with Crippen molar-refractivity contribution in [3.05, 3.63) is 30.3 Å². The molecular formula is C10H14N2O. The summed E-state index contributed by atoms with van der Waals surface area (Å²) in [6.45, 7) is 1.94. The Morgan fingerprint density at radius 2 is 2.08 bits per heavy atom. The molecule has 0 fully saturated rings. The number of ether oxygens (including phenoxy) is 1. The average molecular weight is 178 g/mol. The largest absolute Gasteiger partial charge is 0.483 e. The molecule has 0 amide bonds. The van der Waals surface area contributed by atoms with Crippen molar-refractivity contribution in [1.82, 2.24) is 0 Å². The fourth-order valence-corrected chi connectivity index (χ4v) is 1.03. The van der Waals surface area contributed by atoms with E-state index < -0.39 is 0 Å². The van der Waals surface area contributed by atoms with Crippen molar-refractivity contribution >= 4 is 5.84 Å². The van der Waals surface area contributed by atoms with Crippen molar-refractivity contribution in [2.24, 2.45) is 5.73 Å². The molecule has 0 radical (unpaired) electrons. The molecule has 3 heteroatoms. The SMILES string of the molecule is CCC(Oc1ccccc1)C(=N)N. The second kappa shape index (κ2) is 4.50. The van der Waals surface area contributed by atoms with Crippen molar-refractivity contribution in [2.45, 2.75) is 19.4 Å². The molecule has 1 aromatic carbocycles. The number of benzene rings is 1. The summed E-state index contributed by atoms with van der Waals surface area (Å²) >= 11 is 0. The zero-order valence-electron chi connectivity index (χ0n) is 7.66. The minimum absolute atomic E-state index is 0.0753. The van der Waals surface area contributed by atoms with Gasteiger partial charge in [0.25, 0.3) is 0 Å². The maximum atomic E-state index is 7.25. The molecule has 0 heterocycles. The molecule has 0 saturated carbocycles. The van der Waals surface area contributed by atoms with Gasteiger partial charge in [0, 0.05) is 0 Å². The third-order valence-corrected chi connectivity index (χ3v) is 1.74. The summed E-state index contributed by atoms with van der Waals surface area (Å²) in [5.74, 6) is 0.830. The molecule has 1 rings (SSSR count). The van der Waals surface area contributed by atoms with Crippen molar-refractivity contribution in [3.8, 4) is 5.75 Å². The topological polar surface area (TPSA) is 59.1 Å². The van der Waals surface area contributed by atoms with Crippen LogP contribution in [-0.4, -0.2) is 11.9 Å². The molecule has 0 bridgehead atoms. The Bertz CT molecular complexity index is 272. The lowest BCUT2D eigenvalue weighted by Crippen LogP contribution is -2.32. The van der Waals surface area contributed by atoms with E-state index >= 15 is 0 Å². The lowest BCUT2D eigenvalue weighted by atomic mass is 10.2. The first-order valence-corrected chi connectivity index (χ1v) is 4.29. The summed E-state index contributed by atoms with van der Waals surface area (Å²) in [7, 11) is 0. The first kappa shape index (κ1) is 9.58. The molecule has 0 aliphatic carbocycles. The van der Waals surface area contributed by atoms with Crippen LogP contribution < -0.4 is 10.5 Å². The van der Waals surface area contributed by atoms with Gasteiger partial charge in [0.2, 0.25) is 0 Å². The number of nitrogens with one attached hydrogen (secondary N) is 1. The lowest BCUT2D eigenvalue weighted by Gasteiger charge is -2.15. The predicted molar refractivity (Wildman–Crippen MR) is 53.1 cm³/mol. The van der Waals surface area contributed by atoms with Crippen LogP contribution in [0.25, 0.3) is 0 Å². The van der Waals surface area contributed by atoms with E-state index in [1.807, 2.05) is 37.3 Å². The molecule has 13 heavy (non-hydrogen) atoms. The van der Waals surface area contributed by atoms with Gasteiger partial charge in [-0.3, -0.25) is 5.41 Å². The summed E-state index contributed by atoms with van der Waals surface area (Å²) in [4.78, 5) is 0. The van der Waals surface area contributed by atoms with Crippen LogP contribution in [0.15, 0.2) is 30.3 Å². The Morgan fingerprint density at radius 1 is 1.46 bits per heavy atom. The van der Waals surface area contributed by atoms with Gasteiger partial charge in [-0.1, -0.05) is 25.1 Å². The molecule has 3 N–H and O–H groups in total. The molecule has 1 atom stereocenters. The summed E-state index contributed by atoms with van der Waals surface area (Å²) in [5, 5.41) is 7.25. The molecule has 1 aromatic rings. The van der Waals surface area contributed by atoms with Gasteiger partial charge in [-0.2, -0.15) is 0 Å². The van der Waals surface area contributed by atoms with E-state index in [1.165, 1.54) is 0 Å². The highest BCUT2D eigenvalue weighted by molar-refractivity contribution is 5.81. The number of rotatable bonds is 4. The van der Waals surface area contributed by atoms with Crippen LogP contribution in [0, 0.1) is 5.41 Å². The zero-order chi connectivity index (χ0) is 9.68. The molecule has 0 aliphatic rings. The van der Waals surface area contributed by atoms with E-state index in [4.69, 9.17) is 15.9 Å². The Kier molecular flexibility index (Phi) is 3.31. The van der Waals surface area contributed by atoms with Crippen LogP contribution in [-0.2, 0) is 0 Å². The monoisotopic (exact) mass is 178 g/mol. The van der Waals surface area contributed by atoms with Crippen molar-refractivity contribution in [1.29, 1.82) is 5.41 Å². The average Bonchev–Trinajstić information content (AvgIpc) is 2.15. The molecule has 70 valence electrons. The summed E-state index contributed by atoms with van der Waals surface area (Å²) in [6.07, 6.45) is 0.409. The molecule has 3 nitrogen and oxygen atoms in total. The molecule has 0 aromatic heterocycles. The Morgan fingerprint density at radius 3 is 2.54 bits per heavy atom. The summed E-state index contributed by atoms with van der Waals surface area (Å²) in [5.41, 5.74) is 5.35. The fraction of sp³-hybridized carbons (Fsp3) is 0.300. The van der Waals surface area contributed by atoms with Crippen LogP contribution >= 0.6 is 0 Å². The second-order valence-electron chi connectivity index (χ2n) is 2.78. The molecule has 0 spiro atoms. The lowest BCUT2D eigenvalue weighted by molar-refractivity contribution is 0.260. The van der Waals surface area contributed by atoms with Gasteiger partial charge in [-0.05, 0) is 18.6 Å². The highest BCUT2D eigenvalue weighted by Crippen LogP contribution is 2.11. The van der Waals surface area contributed by atoms with Crippen LogP contribution in [0.3, 0.4) is 0 Å². The summed E-state index contributed by atoms with van der Waals surface area (Å²) < 4.78 is 5.48. The van der Waals surface area contributed by atoms with Crippen LogP contribution in [0.2, 0.25) is 0 Å². The highest BCUT2D eigenvalue weighted by Gasteiger charge is 2.10. The van der Waals surface area contributed by atoms with Crippen LogP contribution in [0.4, 0.5) is 0 Å². The van der Waals surface area contributed by atoms with Crippen LogP contribution in [0.5, 0.6) is 5.75 Å².